The summed E-state index contributed by atoms with van der Waals surface area (Å²) in [5.41, 5.74) is 6.16. The molecule has 1 aromatic heterocycles. The first-order chi connectivity index (χ1) is 17.4. The van der Waals surface area contributed by atoms with E-state index in [9.17, 15) is 9.18 Å². The van der Waals surface area contributed by atoms with Gasteiger partial charge in [0.1, 0.15) is 11.6 Å². The van der Waals surface area contributed by atoms with E-state index >= 15 is 0 Å². The number of aromatic nitrogens is 1. The van der Waals surface area contributed by atoms with Gasteiger partial charge in [0, 0.05) is 5.56 Å². The summed E-state index contributed by atoms with van der Waals surface area (Å²) in [7, 11) is 1.66. The number of thiazole rings is 1. The molecule has 36 heavy (non-hydrogen) atoms. The van der Waals surface area contributed by atoms with Gasteiger partial charge < -0.3 is 4.74 Å². The number of allylic oxidation sites excluding steroid dienone is 1. The lowest BCUT2D eigenvalue weighted by Gasteiger charge is -2.30. The zero-order valence-corrected chi connectivity index (χ0v) is 24.2. The summed E-state index contributed by atoms with van der Waals surface area (Å²) in [6.45, 7) is 0. The van der Waals surface area contributed by atoms with Crippen LogP contribution < -0.4 is 19.6 Å². The maximum atomic E-state index is 13.8. The minimum atomic E-state index is -0.316. The van der Waals surface area contributed by atoms with Gasteiger partial charge in [-0.15, -0.1) is 0 Å². The van der Waals surface area contributed by atoms with E-state index in [1.165, 1.54) is 29.0 Å². The average molecular weight is 720 g/mol. The first-order valence-electron chi connectivity index (χ1n) is 11.4. The molecule has 8 heteroatoms. The molecule has 0 saturated heterocycles. The molecule has 1 aliphatic heterocycles. The van der Waals surface area contributed by atoms with Crippen molar-refractivity contribution in [3.63, 3.8) is 0 Å². The predicted octanol–water partition coefficient (Wildman–Crippen LogP) is 5.68. The molecule has 6 rings (SSSR count). The molecule has 0 saturated carbocycles. The largest absolute Gasteiger partial charge is 0.495 e. The Hall–Kier alpha value is -2.31. The topological polar surface area (TPSA) is 43.6 Å². The normalized spacial score (nSPS) is 16.8. The molecule has 0 spiro atoms. The SMILES string of the molecule is COc1c(I)cc(/C=c2/sc3n(c2=O)[C@@H](c2ccc(F)cc2)C2=C(N=3)c3ccccc3CC2)cc1I. The van der Waals surface area contributed by atoms with Crippen molar-refractivity contribution in [3.05, 3.63) is 121 Å². The molecule has 1 aliphatic carbocycles. The lowest BCUT2D eigenvalue weighted by Crippen LogP contribution is -2.38. The molecule has 3 aromatic carbocycles. The number of aryl methyl sites for hydroxylation is 1. The van der Waals surface area contributed by atoms with Crippen LogP contribution in [-0.4, -0.2) is 11.7 Å². The van der Waals surface area contributed by atoms with Gasteiger partial charge in [0.25, 0.3) is 5.56 Å². The van der Waals surface area contributed by atoms with Gasteiger partial charge in [0.15, 0.2) is 4.80 Å². The summed E-state index contributed by atoms with van der Waals surface area (Å²) < 4.78 is 23.7. The van der Waals surface area contributed by atoms with E-state index in [1.807, 2.05) is 24.3 Å². The summed E-state index contributed by atoms with van der Waals surface area (Å²) >= 11 is 5.89. The minimum Gasteiger partial charge on any atom is -0.495 e. The van der Waals surface area contributed by atoms with E-state index < -0.39 is 0 Å². The molecule has 4 nitrogen and oxygen atoms in total. The molecule has 0 fully saturated rings. The van der Waals surface area contributed by atoms with Crippen LogP contribution in [-0.2, 0) is 6.42 Å². The number of benzene rings is 3. The van der Waals surface area contributed by atoms with Crippen molar-refractivity contribution >= 4 is 68.3 Å². The highest BCUT2D eigenvalue weighted by molar-refractivity contribution is 14.1. The lowest BCUT2D eigenvalue weighted by molar-refractivity contribution is 0.409. The van der Waals surface area contributed by atoms with Crippen molar-refractivity contribution in [2.24, 2.45) is 4.99 Å². The van der Waals surface area contributed by atoms with Gasteiger partial charge >= 0.3 is 0 Å². The number of methoxy groups -OCH3 is 1. The third-order valence-corrected chi connectivity index (χ3v) is 9.17. The second-order valence-electron chi connectivity index (χ2n) is 8.68. The van der Waals surface area contributed by atoms with Crippen LogP contribution in [0.2, 0.25) is 0 Å². The van der Waals surface area contributed by atoms with Crippen LogP contribution in [0.1, 0.15) is 34.7 Å². The molecule has 2 heterocycles. The monoisotopic (exact) mass is 720 g/mol. The van der Waals surface area contributed by atoms with E-state index in [1.54, 1.807) is 23.8 Å². The number of halogens is 3. The molecule has 4 aromatic rings. The van der Waals surface area contributed by atoms with Gasteiger partial charge in [0.2, 0.25) is 0 Å². The van der Waals surface area contributed by atoms with Crippen LogP contribution in [0.15, 0.2) is 76.0 Å². The van der Waals surface area contributed by atoms with Gasteiger partial charge in [-0.3, -0.25) is 9.36 Å². The Morgan fingerprint density at radius 1 is 1.08 bits per heavy atom. The fourth-order valence-electron chi connectivity index (χ4n) is 4.98. The molecular formula is C28H19FI2N2O2S. The summed E-state index contributed by atoms with van der Waals surface area (Å²) in [6, 6.07) is 18.5. The number of fused-ring (bicyclic) bond motifs is 3. The van der Waals surface area contributed by atoms with Crippen molar-refractivity contribution in [2.45, 2.75) is 18.9 Å². The quantitative estimate of drug-likeness (QED) is 0.256. The highest BCUT2D eigenvalue weighted by Crippen LogP contribution is 2.41. The lowest BCUT2D eigenvalue weighted by atomic mass is 9.83. The Kier molecular flexibility index (Phi) is 6.37. The minimum absolute atomic E-state index is 0.0840. The first kappa shape index (κ1) is 24.1. The number of hydrogen-bond donors (Lipinski definition) is 0. The summed E-state index contributed by atoms with van der Waals surface area (Å²) in [5.74, 6) is 0.538. The maximum Gasteiger partial charge on any atom is 0.271 e. The Balaban J connectivity index is 1.60. The maximum absolute atomic E-state index is 13.8. The molecular weight excluding hydrogens is 701 g/mol. The Labute approximate surface area is 238 Å². The second-order valence-corrected chi connectivity index (χ2v) is 12.0. The predicted molar refractivity (Wildman–Crippen MR) is 158 cm³/mol. The van der Waals surface area contributed by atoms with Gasteiger partial charge in [-0.05, 0) is 111 Å². The van der Waals surface area contributed by atoms with Crippen LogP contribution in [0.5, 0.6) is 5.75 Å². The first-order valence-corrected chi connectivity index (χ1v) is 14.3. The number of ether oxygens (including phenoxy) is 1. The molecule has 0 radical (unpaired) electrons. The van der Waals surface area contributed by atoms with E-state index in [4.69, 9.17) is 9.73 Å². The van der Waals surface area contributed by atoms with Gasteiger partial charge in [-0.25, -0.2) is 9.38 Å². The van der Waals surface area contributed by atoms with Crippen molar-refractivity contribution in [1.29, 1.82) is 0 Å². The Bertz CT molecular complexity index is 1720. The van der Waals surface area contributed by atoms with Crippen LogP contribution in [0, 0.1) is 13.0 Å². The smallest absolute Gasteiger partial charge is 0.271 e. The van der Waals surface area contributed by atoms with Crippen LogP contribution in [0.4, 0.5) is 4.39 Å². The van der Waals surface area contributed by atoms with E-state index in [0.717, 1.165) is 53.7 Å². The van der Waals surface area contributed by atoms with Crippen LogP contribution in [0.3, 0.4) is 0 Å². The zero-order valence-electron chi connectivity index (χ0n) is 19.1. The van der Waals surface area contributed by atoms with E-state index in [2.05, 4.69) is 63.4 Å². The van der Waals surface area contributed by atoms with Crippen molar-refractivity contribution in [2.75, 3.05) is 7.11 Å². The van der Waals surface area contributed by atoms with Gasteiger partial charge in [-0.1, -0.05) is 47.7 Å². The fraction of sp³-hybridized carbons (Fsp3) is 0.143. The van der Waals surface area contributed by atoms with Crippen molar-refractivity contribution < 1.29 is 9.13 Å². The summed E-state index contributed by atoms with van der Waals surface area (Å²) in [6.07, 6.45) is 3.61. The molecule has 0 unspecified atom stereocenters. The molecule has 180 valence electrons. The number of hydrogen-bond acceptors (Lipinski definition) is 4. The molecule has 0 bridgehead atoms. The molecule has 0 amide bonds. The summed E-state index contributed by atoms with van der Waals surface area (Å²) in [4.78, 5) is 19.5. The van der Waals surface area contributed by atoms with E-state index in [-0.39, 0.29) is 17.4 Å². The molecule has 0 N–H and O–H groups in total. The average Bonchev–Trinajstić information content (AvgIpc) is 3.17. The number of nitrogens with zero attached hydrogens (tertiary/aromatic N) is 2. The second kappa shape index (κ2) is 9.53. The summed E-state index contributed by atoms with van der Waals surface area (Å²) in [5, 5.41) is 0. The third-order valence-electron chi connectivity index (χ3n) is 6.58. The van der Waals surface area contributed by atoms with E-state index in [0.29, 0.717) is 9.33 Å². The van der Waals surface area contributed by atoms with Crippen molar-refractivity contribution in [3.8, 4) is 5.75 Å². The van der Waals surface area contributed by atoms with Crippen molar-refractivity contribution in [1.82, 2.24) is 4.57 Å². The van der Waals surface area contributed by atoms with Crippen LogP contribution >= 0.6 is 56.5 Å². The number of rotatable bonds is 3. The molecule has 1 atom stereocenters. The van der Waals surface area contributed by atoms with Gasteiger partial charge in [-0.2, -0.15) is 0 Å². The third kappa shape index (κ3) is 4.06. The molecule has 2 aliphatic rings. The standard InChI is InChI=1S/C28H19FI2N2O2S/c1-35-26-21(30)12-15(13-22(26)31)14-23-27(34)33-25(17-6-9-18(29)10-7-17)20-11-8-16-4-2-3-5-19(16)24(20)32-28(33)36-23/h2-7,9-10,12-14,25H,8,11H2,1H3/b23-14+/t25-/m0/s1. The zero-order chi connectivity index (χ0) is 25.0. The van der Waals surface area contributed by atoms with Gasteiger partial charge in [0.05, 0.1) is 30.5 Å². The van der Waals surface area contributed by atoms with Crippen LogP contribution in [0.25, 0.3) is 11.8 Å². The highest BCUT2D eigenvalue weighted by atomic mass is 127. The Morgan fingerprint density at radius 3 is 2.53 bits per heavy atom. The Morgan fingerprint density at radius 2 is 1.81 bits per heavy atom. The fourth-order valence-corrected chi connectivity index (χ4v) is 8.23. The highest BCUT2D eigenvalue weighted by Gasteiger charge is 2.32.